The average molecular weight is 184 g/mol. The molecular formula is C10H16OS. The monoisotopic (exact) mass is 184 g/mol. The summed E-state index contributed by atoms with van der Waals surface area (Å²) in [6, 6.07) is 4.20. The lowest BCUT2D eigenvalue weighted by Crippen LogP contribution is -2.12. The van der Waals surface area contributed by atoms with Gasteiger partial charge < -0.3 is 4.74 Å². The molecule has 0 aliphatic heterocycles. The highest BCUT2D eigenvalue weighted by molar-refractivity contribution is 7.14. The highest BCUT2D eigenvalue weighted by Crippen LogP contribution is 2.35. The van der Waals surface area contributed by atoms with Crippen molar-refractivity contribution >= 4 is 11.3 Å². The number of ether oxygens (including phenoxy) is 1. The number of methoxy groups -OCH3 is 1. The van der Waals surface area contributed by atoms with Crippen molar-refractivity contribution in [3.63, 3.8) is 0 Å². The van der Waals surface area contributed by atoms with Gasteiger partial charge in [-0.05, 0) is 24.0 Å². The fraction of sp³-hybridized carbons (Fsp3) is 0.600. The van der Waals surface area contributed by atoms with Gasteiger partial charge in [-0.3, -0.25) is 0 Å². The minimum absolute atomic E-state index is 0.293. The predicted octanol–water partition coefficient (Wildman–Crippen LogP) is 3.44. The molecule has 0 bridgehead atoms. The van der Waals surface area contributed by atoms with Crippen molar-refractivity contribution in [3.8, 4) is 5.06 Å². The first-order chi connectivity index (χ1) is 5.60. The van der Waals surface area contributed by atoms with E-state index < -0.39 is 0 Å². The Kier molecular flexibility index (Phi) is 2.78. The quantitative estimate of drug-likeness (QED) is 0.699. The standard InChI is InChI=1S/C10H16OS/c1-5-10(2,3)8-6-7-9(11-4)12-8/h6-7H,5H2,1-4H3. The molecule has 0 aliphatic rings. The SMILES string of the molecule is CCC(C)(C)c1ccc(OC)s1. The van der Waals surface area contributed by atoms with Crippen LogP contribution in [0.15, 0.2) is 12.1 Å². The fourth-order valence-electron chi connectivity index (χ4n) is 0.968. The van der Waals surface area contributed by atoms with E-state index in [0.29, 0.717) is 5.41 Å². The van der Waals surface area contributed by atoms with Crippen LogP contribution in [0, 0.1) is 0 Å². The molecular weight excluding hydrogens is 168 g/mol. The lowest BCUT2D eigenvalue weighted by atomic mass is 9.89. The van der Waals surface area contributed by atoms with Gasteiger partial charge in [-0.25, -0.2) is 0 Å². The first kappa shape index (κ1) is 9.59. The van der Waals surface area contributed by atoms with Gasteiger partial charge in [0.2, 0.25) is 0 Å². The minimum atomic E-state index is 0.293. The van der Waals surface area contributed by atoms with Crippen molar-refractivity contribution in [2.24, 2.45) is 0 Å². The molecule has 0 saturated carbocycles. The molecule has 0 amide bonds. The molecule has 1 rings (SSSR count). The summed E-state index contributed by atoms with van der Waals surface area (Å²) < 4.78 is 5.15. The van der Waals surface area contributed by atoms with E-state index in [4.69, 9.17) is 4.74 Å². The second-order valence-electron chi connectivity index (χ2n) is 3.56. The molecule has 0 radical (unpaired) electrons. The first-order valence-corrected chi connectivity index (χ1v) is 5.06. The topological polar surface area (TPSA) is 9.23 Å². The molecule has 1 heterocycles. The van der Waals surface area contributed by atoms with Crippen molar-refractivity contribution in [1.82, 2.24) is 0 Å². The Balaban J connectivity index is 2.88. The van der Waals surface area contributed by atoms with E-state index in [9.17, 15) is 0 Å². The largest absolute Gasteiger partial charge is 0.487 e. The first-order valence-electron chi connectivity index (χ1n) is 4.24. The van der Waals surface area contributed by atoms with Gasteiger partial charge in [-0.1, -0.05) is 20.8 Å². The van der Waals surface area contributed by atoms with Crippen LogP contribution in [0.5, 0.6) is 5.06 Å². The van der Waals surface area contributed by atoms with E-state index in [2.05, 4.69) is 26.8 Å². The molecule has 0 N–H and O–H groups in total. The highest BCUT2D eigenvalue weighted by Gasteiger charge is 2.20. The van der Waals surface area contributed by atoms with E-state index in [1.165, 1.54) is 4.88 Å². The van der Waals surface area contributed by atoms with E-state index in [-0.39, 0.29) is 0 Å². The van der Waals surface area contributed by atoms with Gasteiger partial charge in [0.15, 0.2) is 5.06 Å². The normalized spacial score (nSPS) is 11.7. The van der Waals surface area contributed by atoms with E-state index in [0.717, 1.165) is 11.5 Å². The van der Waals surface area contributed by atoms with Gasteiger partial charge in [0.05, 0.1) is 7.11 Å². The van der Waals surface area contributed by atoms with Crippen molar-refractivity contribution in [2.75, 3.05) is 7.11 Å². The maximum atomic E-state index is 5.15. The number of hydrogen-bond donors (Lipinski definition) is 0. The molecule has 2 heteroatoms. The smallest absolute Gasteiger partial charge is 0.173 e. The number of hydrogen-bond acceptors (Lipinski definition) is 2. The Labute approximate surface area is 78.4 Å². The van der Waals surface area contributed by atoms with Crippen LogP contribution in [-0.2, 0) is 5.41 Å². The summed E-state index contributed by atoms with van der Waals surface area (Å²) in [5.41, 5.74) is 0.293. The third-order valence-corrected chi connectivity index (χ3v) is 3.75. The third kappa shape index (κ3) is 1.81. The van der Waals surface area contributed by atoms with E-state index in [1.807, 2.05) is 6.07 Å². The van der Waals surface area contributed by atoms with Gasteiger partial charge in [0.25, 0.3) is 0 Å². The Hall–Kier alpha value is -0.500. The zero-order chi connectivity index (χ0) is 9.19. The predicted molar refractivity (Wildman–Crippen MR) is 54.2 cm³/mol. The summed E-state index contributed by atoms with van der Waals surface area (Å²) in [7, 11) is 1.72. The molecule has 1 nitrogen and oxygen atoms in total. The van der Waals surface area contributed by atoms with E-state index in [1.54, 1.807) is 18.4 Å². The summed E-state index contributed by atoms with van der Waals surface area (Å²) in [5.74, 6) is 0. The van der Waals surface area contributed by atoms with Crippen LogP contribution in [0.3, 0.4) is 0 Å². The molecule has 0 aromatic carbocycles. The molecule has 0 saturated heterocycles. The van der Waals surface area contributed by atoms with Gasteiger partial charge in [0.1, 0.15) is 0 Å². The Bertz CT molecular complexity index is 250. The summed E-state index contributed by atoms with van der Waals surface area (Å²) >= 11 is 1.74. The second kappa shape index (κ2) is 3.48. The van der Waals surface area contributed by atoms with Crippen LogP contribution in [0.4, 0.5) is 0 Å². The summed E-state index contributed by atoms with van der Waals surface area (Å²) in [4.78, 5) is 1.40. The average Bonchev–Trinajstić information content (AvgIpc) is 2.52. The number of rotatable bonds is 3. The van der Waals surface area contributed by atoms with Crippen molar-refractivity contribution in [3.05, 3.63) is 17.0 Å². The summed E-state index contributed by atoms with van der Waals surface area (Å²) in [5, 5.41) is 1.01. The Morgan fingerprint density at radius 3 is 2.50 bits per heavy atom. The van der Waals surface area contributed by atoms with Crippen molar-refractivity contribution < 1.29 is 4.74 Å². The third-order valence-electron chi connectivity index (χ3n) is 2.33. The highest BCUT2D eigenvalue weighted by atomic mass is 32.1. The molecule has 0 unspecified atom stereocenters. The van der Waals surface area contributed by atoms with Crippen LogP contribution in [-0.4, -0.2) is 7.11 Å². The van der Waals surface area contributed by atoms with Crippen LogP contribution in [0.25, 0.3) is 0 Å². The van der Waals surface area contributed by atoms with Crippen molar-refractivity contribution in [1.29, 1.82) is 0 Å². The van der Waals surface area contributed by atoms with Crippen molar-refractivity contribution in [2.45, 2.75) is 32.6 Å². The van der Waals surface area contributed by atoms with Crippen LogP contribution in [0.2, 0.25) is 0 Å². The molecule has 0 atom stereocenters. The van der Waals surface area contributed by atoms with Crippen LogP contribution >= 0.6 is 11.3 Å². The van der Waals surface area contributed by atoms with Gasteiger partial charge in [0, 0.05) is 4.88 Å². The molecule has 12 heavy (non-hydrogen) atoms. The Morgan fingerprint density at radius 2 is 2.08 bits per heavy atom. The maximum Gasteiger partial charge on any atom is 0.173 e. The molecule has 0 fully saturated rings. The fourth-order valence-corrected chi connectivity index (χ4v) is 1.96. The van der Waals surface area contributed by atoms with E-state index >= 15 is 0 Å². The second-order valence-corrected chi connectivity index (χ2v) is 4.61. The summed E-state index contributed by atoms with van der Waals surface area (Å²) in [6.45, 7) is 6.74. The van der Waals surface area contributed by atoms with Gasteiger partial charge in [-0.2, -0.15) is 0 Å². The van der Waals surface area contributed by atoms with Crippen LogP contribution < -0.4 is 4.74 Å². The zero-order valence-corrected chi connectivity index (χ0v) is 8.99. The molecule has 0 spiro atoms. The molecule has 0 aliphatic carbocycles. The molecule has 68 valence electrons. The maximum absolute atomic E-state index is 5.15. The summed E-state index contributed by atoms with van der Waals surface area (Å²) in [6.07, 6.45) is 1.16. The lowest BCUT2D eigenvalue weighted by molar-refractivity contribution is 0.427. The van der Waals surface area contributed by atoms with Gasteiger partial charge in [-0.15, -0.1) is 11.3 Å². The minimum Gasteiger partial charge on any atom is -0.487 e. The zero-order valence-electron chi connectivity index (χ0n) is 8.18. The number of thiophene rings is 1. The molecule has 1 aromatic heterocycles. The van der Waals surface area contributed by atoms with Crippen LogP contribution in [0.1, 0.15) is 32.1 Å². The van der Waals surface area contributed by atoms with Gasteiger partial charge >= 0.3 is 0 Å². The Morgan fingerprint density at radius 1 is 1.42 bits per heavy atom. The molecule has 1 aromatic rings. The lowest BCUT2D eigenvalue weighted by Gasteiger charge is -2.20.